The highest BCUT2D eigenvalue weighted by molar-refractivity contribution is 6.16. The van der Waals surface area contributed by atoms with E-state index in [4.69, 9.17) is 9.47 Å². The van der Waals surface area contributed by atoms with Crippen molar-refractivity contribution in [1.29, 1.82) is 0 Å². The third-order valence-corrected chi connectivity index (χ3v) is 4.71. The zero-order valence-electron chi connectivity index (χ0n) is 16.6. The maximum atomic E-state index is 13.2. The Morgan fingerprint density at radius 3 is 2.52 bits per heavy atom. The number of para-hydroxylation sites is 1. The molecule has 0 unspecified atom stereocenters. The molecular formula is C23H23NO5. The lowest BCUT2D eigenvalue weighted by atomic mass is 10.0. The summed E-state index contributed by atoms with van der Waals surface area (Å²) in [7, 11) is 1.28. The van der Waals surface area contributed by atoms with Crippen molar-refractivity contribution in [2.24, 2.45) is 0 Å². The molecule has 0 fully saturated rings. The van der Waals surface area contributed by atoms with Crippen LogP contribution in [0.4, 0.5) is 0 Å². The molecule has 0 atom stereocenters. The van der Waals surface area contributed by atoms with Crippen LogP contribution < -0.4 is 4.74 Å². The zero-order chi connectivity index (χ0) is 21.0. The second-order valence-corrected chi connectivity index (χ2v) is 6.51. The molecule has 1 aliphatic rings. The standard InChI is InChI=1S/C23H23NO5/c1-4-29-19-12-8-11-17(21(19)25)13-18-20(23(27)28-3)15(2)24(22(18)26)14-16-9-6-5-7-10-16/h5-13,25H,4,14H2,1-3H3. The summed E-state index contributed by atoms with van der Waals surface area (Å²) in [5.74, 6) is -0.696. The number of methoxy groups -OCH3 is 1. The van der Waals surface area contributed by atoms with Crippen LogP contribution in [0, 0.1) is 0 Å². The number of phenolic OH excluding ortho intramolecular Hbond substituents is 1. The summed E-state index contributed by atoms with van der Waals surface area (Å²) < 4.78 is 10.3. The van der Waals surface area contributed by atoms with E-state index in [-0.39, 0.29) is 22.8 Å². The van der Waals surface area contributed by atoms with Gasteiger partial charge in [-0.25, -0.2) is 4.79 Å². The Morgan fingerprint density at radius 1 is 1.14 bits per heavy atom. The topological polar surface area (TPSA) is 76.1 Å². The molecule has 0 aliphatic carbocycles. The second kappa shape index (κ2) is 8.65. The summed E-state index contributed by atoms with van der Waals surface area (Å²) in [6.07, 6.45) is 1.50. The lowest BCUT2D eigenvalue weighted by Gasteiger charge is -2.17. The molecule has 0 radical (unpaired) electrons. The fourth-order valence-electron chi connectivity index (χ4n) is 3.27. The lowest BCUT2D eigenvalue weighted by Crippen LogP contribution is -2.24. The van der Waals surface area contributed by atoms with Gasteiger partial charge in [0.15, 0.2) is 11.5 Å². The van der Waals surface area contributed by atoms with E-state index in [0.29, 0.717) is 30.2 Å². The number of aromatic hydroxyl groups is 1. The molecule has 2 aromatic carbocycles. The van der Waals surface area contributed by atoms with E-state index in [1.54, 1.807) is 25.1 Å². The number of rotatable bonds is 6. The number of amides is 1. The Hall–Kier alpha value is -3.54. The van der Waals surface area contributed by atoms with Gasteiger partial charge in [-0.15, -0.1) is 0 Å². The normalized spacial score (nSPS) is 15.2. The molecule has 0 saturated carbocycles. The summed E-state index contributed by atoms with van der Waals surface area (Å²) >= 11 is 0. The number of benzene rings is 2. The van der Waals surface area contributed by atoms with Gasteiger partial charge in [0.25, 0.3) is 5.91 Å². The molecule has 0 spiro atoms. The summed E-state index contributed by atoms with van der Waals surface area (Å²) in [6.45, 7) is 4.25. The van der Waals surface area contributed by atoms with Gasteiger partial charge in [0.2, 0.25) is 0 Å². The van der Waals surface area contributed by atoms with Gasteiger partial charge in [-0.1, -0.05) is 42.5 Å². The first-order chi connectivity index (χ1) is 14.0. The Kier molecular flexibility index (Phi) is 6.02. The monoisotopic (exact) mass is 393 g/mol. The Labute approximate surface area is 169 Å². The van der Waals surface area contributed by atoms with Gasteiger partial charge in [0.05, 0.1) is 31.4 Å². The number of hydrogen-bond acceptors (Lipinski definition) is 5. The number of esters is 1. The van der Waals surface area contributed by atoms with E-state index in [2.05, 4.69) is 0 Å². The maximum Gasteiger partial charge on any atom is 0.340 e. The summed E-state index contributed by atoms with van der Waals surface area (Å²) in [6, 6.07) is 14.5. The highest BCUT2D eigenvalue weighted by Crippen LogP contribution is 2.36. The highest BCUT2D eigenvalue weighted by atomic mass is 16.5. The van der Waals surface area contributed by atoms with Gasteiger partial charge < -0.3 is 19.5 Å². The van der Waals surface area contributed by atoms with E-state index in [1.807, 2.05) is 37.3 Å². The minimum atomic E-state index is -0.599. The van der Waals surface area contributed by atoms with Gasteiger partial charge >= 0.3 is 5.97 Å². The van der Waals surface area contributed by atoms with Crippen LogP contribution in [0.15, 0.2) is 65.4 Å². The molecule has 1 heterocycles. The molecule has 0 aromatic heterocycles. The molecule has 6 heteroatoms. The van der Waals surface area contributed by atoms with Crippen molar-refractivity contribution in [3.05, 3.63) is 76.5 Å². The quantitative estimate of drug-likeness (QED) is 0.599. The van der Waals surface area contributed by atoms with Gasteiger partial charge in [-0.2, -0.15) is 0 Å². The van der Waals surface area contributed by atoms with E-state index in [1.165, 1.54) is 18.1 Å². The Morgan fingerprint density at radius 2 is 1.86 bits per heavy atom. The van der Waals surface area contributed by atoms with Crippen LogP contribution in [0.3, 0.4) is 0 Å². The summed E-state index contributed by atoms with van der Waals surface area (Å²) in [4.78, 5) is 27.1. The molecule has 3 rings (SSSR count). The highest BCUT2D eigenvalue weighted by Gasteiger charge is 2.37. The zero-order valence-corrected chi connectivity index (χ0v) is 16.6. The van der Waals surface area contributed by atoms with Crippen LogP contribution in [-0.4, -0.2) is 35.6 Å². The Balaban J connectivity index is 2.06. The van der Waals surface area contributed by atoms with Gasteiger partial charge in [0, 0.05) is 11.3 Å². The molecule has 0 saturated heterocycles. The fourth-order valence-corrected chi connectivity index (χ4v) is 3.27. The molecule has 150 valence electrons. The van der Waals surface area contributed by atoms with E-state index in [0.717, 1.165) is 5.56 Å². The van der Waals surface area contributed by atoms with Gasteiger partial charge in [-0.05, 0) is 31.6 Å². The van der Waals surface area contributed by atoms with Crippen molar-refractivity contribution in [3.63, 3.8) is 0 Å². The smallest absolute Gasteiger partial charge is 0.340 e. The summed E-state index contributed by atoms with van der Waals surface area (Å²) in [5, 5.41) is 10.5. The van der Waals surface area contributed by atoms with Crippen molar-refractivity contribution in [3.8, 4) is 11.5 Å². The first-order valence-electron chi connectivity index (χ1n) is 9.29. The van der Waals surface area contributed by atoms with Crippen molar-refractivity contribution in [1.82, 2.24) is 4.90 Å². The average molecular weight is 393 g/mol. The van der Waals surface area contributed by atoms with Crippen LogP contribution in [0.1, 0.15) is 25.0 Å². The van der Waals surface area contributed by atoms with Crippen LogP contribution in [0.5, 0.6) is 11.5 Å². The molecule has 1 amide bonds. The van der Waals surface area contributed by atoms with Crippen LogP contribution >= 0.6 is 0 Å². The molecule has 2 aromatic rings. The van der Waals surface area contributed by atoms with Crippen LogP contribution in [0.25, 0.3) is 6.08 Å². The second-order valence-electron chi connectivity index (χ2n) is 6.51. The predicted molar refractivity (Wildman–Crippen MR) is 109 cm³/mol. The third-order valence-electron chi connectivity index (χ3n) is 4.71. The number of ether oxygens (including phenoxy) is 2. The average Bonchev–Trinajstić information content (AvgIpc) is 2.95. The molecule has 6 nitrogen and oxygen atoms in total. The molecule has 0 bridgehead atoms. The summed E-state index contributed by atoms with van der Waals surface area (Å²) in [5.41, 5.74) is 2.20. The maximum absolute atomic E-state index is 13.2. The van der Waals surface area contributed by atoms with Crippen LogP contribution in [0.2, 0.25) is 0 Å². The number of phenols is 1. The number of hydrogen-bond donors (Lipinski definition) is 1. The van der Waals surface area contributed by atoms with E-state index >= 15 is 0 Å². The predicted octanol–water partition coefficient (Wildman–Crippen LogP) is 3.66. The lowest BCUT2D eigenvalue weighted by molar-refractivity contribution is -0.136. The van der Waals surface area contributed by atoms with Crippen molar-refractivity contribution < 1.29 is 24.2 Å². The molecular weight excluding hydrogens is 370 g/mol. The minimum absolute atomic E-state index is 0.0852. The van der Waals surface area contributed by atoms with Crippen molar-refractivity contribution in [2.45, 2.75) is 20.4 Å². The molecule has 1 N–H and O–H groups in total. The molecule has 1 aliphatic heterocycles. The fraction of sp³-hybridized carbons (Fsp3) is 0.217. The van der Waals surface area contributed by atoms with E-state index in [9.17, 15) is 14.7 Å². The first-order valence-corrected chi connectivity index (χ1v) is 9.29. The third kappa shape index (κ3) is 4.01. The first kappa shape index (κ1) is 20.2. The van der Waals surface area contributed by atoms with Crippen LogP contribution in [-0.2, 0) is 20.9 Å². The van der Waals surface area contributed by atoms with Gasteiger partial charge in [0.1, 0.15) is 0 Å². The number of carbonyl (C=O) groups is 2. The van der Waals surface area contributed by atoms with Crippen molar-refractivity contribution in [2.75, 3.05) is 13.7 Å². The van der Waals surface area contributed by atoms with Crippen molar-refractivity contribution >= 4 is 18.0 Å². The van der Waals surface area contributed by atoms with Gasteiger partial charge in [-0.3, -0.25) is 4.79 Å². The van der Waals surface area contributed by atoms with E-state index < -0.39 is 5.97 Å². The number of nitrogens with zero attached hydrogens (tertiary/aromatic N) is 1. The Bertz CT molecular complexity index is 992. The number of carbonyl (C=O) groups excluding carboxylic acids is 2. The minimum Gasteiger partial charge on any atom is -0.504 e. The number of allylic oxidation sites excluding steroid dienone is 1. The molecule has 29 heavy (non-hydrogen) atoms. The largest absolute Gasteiger partial charge is 0.504 e. The SMILES string of the molecule is CCOc1cccc(C=C2C(=O)N(Cc3ccccc3)C(C)=C2C(=O)OC)c1O.